The summed E-state index contributed by atoms with van der Waals surface area (Å²) >= 11 is 16.8. The van der Waals surface area contributed by atoms with E-state index in [4.69, 9.17) is 49.0 Å². The third-order valence-electron chi connectivity index (χ3n) is 11.0. The topological polar surface area (TPSA) is 213 Å². The summed E-state index contributed by atoms with van der Waals surface area (Å²) in [6.07, 6.45) is 1.44. The number of hydrogen-bond acceptors (Lipinski definition) is 11. The lowest BCUT2D eigenvalue weighted by Crippen LogP contribution is -2.50. The average molecular weight is 909 g/mol. The van der Waals surface area contributed by atoms with Gasteiger partial charge in [-0.3, -0.25) is 19.2 Å². The second kappa shape index (κ2) is 20.4. The highest BCUT2D eigenvalue weighted by molar-refractivity contribution is 6.67. The molecule has 5 rings (SSSR count). The summed E-state index contributed by atoms with van der Waals surface area (Å²) in [5, 5.41) is 30.2. The predicted molar refractivity (Wildman–Crippen MR) is 227 cm³/mol. The molecule has 5 amide bonds. The first kappa shape index (κ1) is 47.3. The quantitative estimate of drug-likeness (QED) is 0.0393. The molecule has 16 nitrogen and oxygen atoms in total. The SMILES string of the molecule is C=CCOC(=O)C[C@H](C(=O)N[C@@H](CCCCNC(=O)OCC(Cl)(Cl)Cl)C(=O)Nc1ccc(COC(=O)N2c3cc(O)c(C)cc3C(=O)N3CC4(CC4)C[C@H]3C2O)cc1)C(C)C. The normalized spacial score (nSPS) is 18.6. The van der Waals surface area contributed by atoms with Crippen LogP contribution in [0.4, 0.5) is 21.0 Å². The number of esters is 1. The van der Waals surface area contributed by atoms with Crippen LogP contribution in [-0.4, -0.2) is 99.4 Å². The van der Waals surface area contributed by atoms with Crippen LogP contribution >= 0.6 is 34.8 Å². The van der Waals surface area contributed by atoms with E-state index >= 15 is 0 Å². The van der Waals surface area contributed by atoms with Crippen molar-refractivity contribution in [3.05, 3.63) is 65.7 Å². The van der Waals surface area contributed by atoms with E-state index < -0.39 is 64.6 Å². The second-order valence-electron chi connectivity index (χ2n) is 16.1. The van der Waals surface area contributed by atoms with E-state index in [2.05, 4.69) is 22.5 Å². The number of alkyl carbamates (subject to hydrolysis) is 1. The Morgan fingerprint density at radius 3 is 2.38 bits per heavy atom. The van der Waals surface area contributed by atoms with Crippen molar-refractivity contribution in [1.82, 2.24) is 15.5 Å². The number of aliphatic hydroxyl groups is 1. The Bertz CT molecular complexity index is 1970. The van der Waals surface area contributed by atoms with E-state index in [0.29, 0.717) is 42.6 Å². The van der Waals surface area contributed by atoms with Crippen LogP contribution in [0.2, 0.25) is 0 Å². The van der Waals surface area contributed by atoms with Gasteiger partial charge in [-0.2, -0.15) is 0 Å². The number of rotatable bonds is 17. The average Bonchev–Trinajstić information content (AvgIpc) is 3.87. The Hall–Kier alpha value is -4.77. The van der Waals surface area contributed by atoms with Gasteiger partial charge in [0.05, 0.1) is 29.6 Å². The maximum atomic E-state index is 13.7. The van der Waals surface area contributed by atoms with Crippen LogP contribution in [0.15, 0.2) is 49.1 Å². The Balaban J connectivity index is 1.22. The molecule has 3 aliphatic rings. The molecule has 2 heterocycles. The number of ether oxygens (including phenoxy) is 3. The molecule has 61 heavy (non-hydrogen) atoms. The minimum Gasteiger partial charge on any atom is -0.508 e. The van der Waals surface area contributed by atoms with Crippen LogP contribution in [-0.2, 0) is 35.2 Å². The fourth-order valence-corrected chi connectivity index (χ4v) is 7.58. The Kier molecular flexibility index (Phi) is 15.8. The molecule has 2 aromatic carbocycles. The van der Waals surface area contributed by atoms with E-state index in [0.717, 1.165) is 17.7 Å². The molecular weight excluding hydrogens is 857 g/mol. The third-order valence-corrected chi connectivity index (χ3v) is 11.4. The molecule has 19 heteroatoms. The molecule has 1 saturated carbocycles. The number of carbonyl (C=O) groups is 6. The van der Waals surface area contributed by atoms with Crippen LogP contribution in [0.3, 0.4) is 0 Å². The summed E-state index contributed by atoms with van der Waals surface area (Å²) in [6, 6.07) is 7.52. The summed E-state index contributed by atoms with van der Waals surface area (Å²) in [6.45, 7) is 8.69. The summed E-state index contributed by atoms with van der Waals surface area (Å²) in [5.74, 6) is -3.18. The summed E-state index contributed by atoms with van der Waals surface area (Å²) < 4.78 is 13.8. The molecule has 4 atom stereocenters. The molecule has 332 valence electrons. The van der Waals surface area contributed by atoms with E-state index in [1.165, 1.54) is 18.2 Å². The molecule has 2 aromatic rings. The minimum atomic E-state index is -1.77. The molecular formula is C42H52Cl3N5O11. The van der Waals surface area contributed by atoms with Crippen molar-refractivity contribution in [3.63, 3.8) is 0 Å². The van der Waals surface area contributed by atoms with E-state index in [-0.39, 0.29) is 66.8 Å². The number of anilines is 2. The number of halogens is 3. The van der Waals surface area contributed by atoms with Crippen LogP contribution in [0.25, 0.3) is 0 Å². The number of aryl methyl sites for hydroxylation is 1. The smallest absolute Gasteiger partial charge is 0.416 e. The van der Waals surface area contributed by atoms with Crippen LogP contribution in [0.1, 0.15) is 80.3 Å². The highest BCUT2D eigenvalue weighted by Gasteiger charge is 2.58. The minimum absolute atomic E-state index is 0.00715. The zero-order chi connectivity index (χ0) is 44.6. The fraction of sp³-hybridized carbons (Fsp3) is 0.524. The Morgan fingerprint density at radius 1 is 1.03 bits per heavy atom. The number of nitrogens with zero attached hydrogens (tertiary/aromatic N) is 2. The molecule has 2 fully saturated rings. The lowest BCUT2D eigenvalue weighted by atomic mass is 9.91. The van der Waals surface area contributed by atoms with Gasteiger partial charge in [-0.15, -0.1) is 0 Å². The number of benzene rings is 2. The second-order valence-corrected chi connectivity index (χ2v) is 18.6. The number of amides is 5. The molecule has 0 bridgehead atoms. The van der Waals surface area contributed by atoms with Gasteiger partial charge < -0.3 is 45.3 Å². The van der Waals surface area contributed by atoms with Crippen LogP contribution in [0.5, 0.6) is 5.75 Å². The first-order chi connectivity index (χ1) is 28.8. The van der Waals surface area contributed by atoms with Crippen molar-refractivity contribution in [2.45, 2.75) is 94.4 Å². The summed E-state index contributed by atoms with van der Waals surface area (Å²) in [4.78, 5) is 81.6. The van der Waals surface area contributed by atoms with E-state index in [9.17, 15) is 39.0 Å². The number of aliphatic hydroxyl groups excluding tert-OH is 1. The van der Waals surface area contributed by atoms with Crippen molar-refractivity contribution < 1.29 is 53.2 Å². The monoisotopic (exact) mass is 907 g/mol. The van der Waals surface area contributed by atoms with Gasteiger partial charge in [0.15, 0.2) is 6.23 Å². The molecule has 2 aliphatic heterocycles. The van der Waals surface area contributed by atoms with Gasteiger partial charge in [0.25, 0.3) is 5.91 Å². The number of fused-ring (bicyclic) bond motifs is 2. The van der Waals surface area contributed by atoms with Gasteiger partial charge >= 0.3 is 18.2 Å². The van der Waals surface area contributed by atoms with Crippen LogP contribution in [0, 0.1) is 24.2 Å². The molecule has 1 spiro atoms. The van der Waals surface area contributed by atoms with E-state index in [1.807, 2.05) is 0 Å². The van der Waals surface area contributed by atoms with Crippen molar-refractivity contribution in [3.8, 4) is 5.75 Å². The zero-order valence-electron chi connectivity index (χ0n) is 34.2. The van der Waals surface area contributed by atoms with Crippen molar-refractivity contribution in [2.24, 2.45) is 17.3 Å². The summed E-state index contributed by atoms with van der Waals surface area (Å²) in [5.41, 5.74) is 1.51. The molecule has 1 saturated heterocycles. The Labute approximate surface area is 369 Å². The number of phenols is 1. The zero-order valence-corrected chi connectivity index (χ0v) is 36.5. The standard InChI is InChI=1S/C42H52Cl3N5O11/c1-5-16-59-34(52)18-28(24(2)3)35(53)48-30(8-6-7-15-46-39(57)61-23-42(43,44)45)36(54)47-27-11-9-26(10-12-27)21-60-40(58)50-31-19-33(51)25(4)17-29(31)37(55)49-22-41(13-14-41)20-32(49)38(50)56/h5,9-12,17,19,24,28,30,32,38,51,56H,1,6-8,13-16,18,20-23H2,2-4H3,(H,46,57)(H,47,54)(H,48,53)/t28-,30-,32-,38?/m0/s1. The maximum absolute atomic E-state index is 13.7. The highest BCUT2D eigenvalue weighted by atomic mass is 35.6. The maximum Gasteiger partial charge on any atom is 0.416 e. The number of phenolic OH excluding ortho intramolecular Hbond substituents is 1. The van der Waals surface area contributed by atoms with E-state index in [1.54, 1.807) is 49.9 Å². The first-order valence-electron chi connectivity index (χ1n) is 20.0. The molecule has 5 N–H and O–H groups in total. The lowest BCUT2D eigenvalue weighted by molar-refractivity contribution is -0.146. The van der Waals surface area contributed by atoms with Crippen LogP contribution < -0.4 is 20.9 Å². The van der Waals surface area contributed by atoms with Gasteiger partial charge in [-0.1, -0.05) is 73.4 Å². The first-order valence-corrected chi connectivity index (χ1v) is 21.2. The molecule has 0 aromatic heterocycles. The molecule has 1 aliphatic carbocycles. The summed E-state index contributed by atoms with van der Waals surface area (Å²) in [7, 11) is 0. The van der Waals surface area contributed by atoms with Gasteiger partial charge in [0.1, 0.15) is 31.6 Å². The lowest BCUT2D eigenvalue weighted by Gasteiger charge is -2.31. The van der Waals surface area contributed by atoms with Gasteiger partial charge in [0, 0.05) is 24.8 Å². The van der Waals surface area contributed by atoms with Gasteiger partial charge in [0.2, 0.25) is 15.6 Å². The number of aromatic hydroxyl groups is 1. The van der Waals surface area contributed by atoms with Gasteiger partial charge in [-0.05, 0) is 86.1 Å². The molecule has 1 unspecified atom stereocenters. The molecule has 0 radical (unpaired) electrons. The fourth-order valence-electron chi connectivity index (χ4n) is 7.42. The number of carbonyl (C=O) groups excluding carboxylic acids is 6. The highest BCUT2D eigenvalue weighted by Crippen LogP contribution is 2.56. The largest absolute Gasteiger partial charge is 0.508 e. The third kappa shape index (κ3) is 12.6. The van der Waals surface area contributed by atoms with Crippen molar-refractivity contribution in [2.75, 3.05) is 36.5 Å². The number of alkyl halides is 3. The van der Waals surface area contributed by atoms with Crippen molar-refractivity contribution in [1.29, 1.82) is 0 Å². The van der Waals surface area contributed by atoms with Gasteiger partial charge in [-0.25, -0.2) is 14.5 Å². The van der Waals surface area contributed by atoms with Crippen molar-refractivity contribution >= 4 is 82.1 Å². The number of hydrogen-bond donors (Lipinski definition) is 5. The Morgan fingerprint density at radius 2 is 1.74 bits per heavy atom. The predicted octanol–water partition coefficient (Wildman–Crippen LogP) is 6.25. The number of unbranched alkanes of at least 4 members (excludes halogenated alkanes) is 1. The number of nitrogens with one attached hydrogen (secondary N) is 3.